The van der Waals surface area contributed by atoms with Crippen molar-refractivity contribution in [3.05, 3.63) is 47.4 Å². The first-order chi connectivity index (χ1) is 10.0. The quantitative estimate of drug-likeness (QED) is 0.495. The molecule has 1 heterocycles. The number of hydrogen-bond acceptors (Lipinski definition) is 2. The lowest BCUT2D eigenvalue weighted by Crippen LogP contribution is -2.10. The van der Waals surface area contributed by atoms with Crippen molar-refractivity contribution < 1.29 is 4.79 Å². The third-order valence-electron chi connectivity index (χ3n) is 2.97. The summed E-state index contributed by atoms with van der Waals surface area (Å²) in [5, 5.41) is 2.93. The van der Waals surface area contributed by atoms with Crippen LogP contribution in [-0.4, -0.2) is 5.91 Å². The smallest absolute Gasteiger partial charge is 0.265 e. The second-order valence-corrected chi connectivity index (χ2v) is 8.68. The molecule has 1 aromatic heterocycles. The van der Waals surface area contributed by atoms with Crippen LogP contribution in [-0.2, 0) is 6.42 Å². The van der Waals surface area contributed by atoms with E-state index in [1.165, 1.54) is 29.7 Å². The van der Waals surface area contributed by atoms with Gasteiger partial charge in [0.05, 0.1) is 14.4 Å². The summed E-state index contributed by atoms with van der Waals surface area (Å²) in [6.07, 6.45) is 3.42. The minimum Gasteiger partial charge on any atom is -0.320 e. The molecule has 1 amide bonds. The molecular formula is C15H14Br3NOS. The van der Waals surface area contributed by atoms with Gasteiger partial charge in [-0.3, -0.25) is 4.79 Å². The van der Waals surface area contributed by atoms with Gasteiger partial charge >= 0.3 is 0 Å². The third kappa shape index (κ3) is 4.65. The molecule has 0 aliphatic heterocycles. The van der Waals surface area contributed by atoms with Crippen molar-refractivity contribution in [1.29, 1.82) is 0 Å². The van der Waals surface area contributed by atoms with E-state index < -0.39 is 0 Å². The predicted octanol–water partition coefficient (Wildman–Crippen LogP) is 6.63. The fourth-order valence-corrected chi connectivity index (χ4v) is 4.30. The molecule has 0 unspecified atom stereocenters. The number of thiophene rings is 1. The molecule has 0 atom stereocenters. The molecule has 6 heteroatoms. The number of aryl methyl sites for hydroxylation is 1. The fraction of sp³-hybridized carbons (Fsp3) is 0.267. The summed E-state index contributed by atoms with van der Waals surface area (Å²) >= 11 is 11.7. The average molecular weight is 496 g/mol. The van der Waals surface area contributed by atoms with Gasteiger partial charge in [0.1, 0.15) is 0 Å². The van der Waals surface area contributed by atoms with Crippen molar-refractivity contribution in [2.75, 3.05) is 5.32 Å². The summed E-state index contributed by atoms with van der Waals surface area (Å²) in [6.45, 7) is 2.18. The summed E-state index contributed by atoms with van der Waals surface area (Å²) in [4.78, 5) is 12.9. The lowest BCUT2D eigenvalue weighted by molar-refractivity contribution is 0.103. The Bertz CT molecular complexity index is 635. The highest BCUT2D eigenvalue weighted by Crippen LogP contribution is 2.33. The van der Waals surface area contributed by atoms with Crippen LogP contribution in [0.3, 0.4) is 0 Å². The number of benzene rings is 1. The summed E-state index contributed by atoms with van der Waals surface area (Å²) < 4.78 is 2.73. The monoisotopic (exact) mass is 493 g/mol. The highest BCUT2D eigenvalue weighted by atomic mass is 79.9. The number of hydrogen-bond donors (Lipinski definition) is 1. The topological polar surface area (TPSA) is 29.1 Å². The van der Waals surface area contributed by atoms with Gasteiger partial charge in [-0.1, -0.05) is 19.4 Å². The lowest BCUT2D eigenvalue weighted by Gasteiger charge is -2.08. The summed E-state index contributed by atoms with van der Waals surface area (Å²) in [5.74, 6) is -0.103. The second-order valence-electron chi connectivity index (χ2n) is 4.60. The third-order valence-corrected chi connectivity index (χ3v) is 6.88. The van der Waals surface area contributed by atoms with Crippen molar-refractivity contribution in [3.63, 3.8) is 0 Å². The number of unbranched alkanes of at least 4 members (excludes halogenated alkanes) is 1. The number of carbonyl (C=O) groups excluding carboxylic acids is 1. The van der Waals surface area contributed by atoms with E-state index in [-0.39, 0.29) is 5.91 Å². The van der Waals surface area contributed by atoms with Crippen LogP contribution >= 0.6 is 59.1 Å². The Balaban J connectivity index is 2.10. The number of nitrogens with one attached hydrogen (secondary N) is 1. The van der Waals surface area contributed by atoms with Gasteiger partial charge in [-0.15, -0.1) is 11.3 Å². The van der Waals surface area contributed by atoms with E-state index in [0.717, 1.165) is 24.8 Å². The largest absolute Gasteiger partial charge is 0.320 e. The molecule has 1 aromatic carbocycles. The highest BCUT2D eigenvalue weighted by molar-refractivity contribution is 9.13. The molecule has 0 aliphatic rings. The maximum atomic E-state index is 12.2. The normalized spacial score (nSPS) is 10.7. The van der Waals surface area contributed by atoms with Gasteiger partial charge in [0.25, 0.3) is 5.91 Å². The molecule has 112 valence electrons. The van der Waals surface area contributed by atoms with Crippen molar-refractivity contribution in [1.82, 2.24) is 0 Å². The number of amides is 1. The molecule has 0 saturated carbocycles. The van der Waals surface area contributed by atoms with Crippen LogP contribution in [0, 0.1) is 0 Å². The Morgan fingerprint density at radius 2 is 1.95 bits per heavy atom. The molecule has 0 aliphatic carbocycles. The van der Waals surface area contributed by atoms with Gasteiger partial charge in [-0.2, -0.15) is 0 Å². The zero-order valence-corrected chi connectivity index (χ0v) is 17.0. The number of rotatable bonds is 5. The van der Waals surface area contributed by atoms with Crippen LogP contribution in [0.2, 0.25) is 0 Å². The van der Waals surface area contributed by atoms with Crippen molar-refractivity contribution in [2.45, 2.75) is 26.2 Å². The van der Waals surface area contributed by atoms with E-state index in [1.54, 1.807) is 0 Å². The van der Waals surface area contributed by atoms with E-state index in [2.05, 4.69) is 72.2 Å². The Hall–Kier alpha value is -0.170. The van der Waals surface area contributed by atoms with E-state index >= 15 is 0 Å². The van der Waals surface area contributed by atoms with Crippen LogP contribution < -0.4 is 5.32 Å². The molecule has 2 rings (SSSR count). The molecule has 21 heavy (non-hydrogen) atoms. The summed E-state index contributed by atoms with van der Waals surface area (Å²) in [5.41, 5.74) is 2.07. The van der Waals surface area contributed by atoms with Gasteiger partial charge in [0.15, 0.2) is 0 Å². The number of halogens is 3. The van der Waals surface area contributed by atoms with Crippen LogP contribution in [0.15, 0.2) is 37.0 Å². The summed E-state index contributed by atoms with van der Waals surface area (Å²) in [6, 6.07) is 7.90. The van der Waals surface area contributed by atoms with Crippen LogP contribution in [0.5, 0.6) is 0 Å². The van der Waals surface area contributed by atoms with E-state index in [9.17, 15) is 4.79 Å². The maximum absolute atomic E-state index is 12.2. The van der Waals surface area contributed by atoms with Crippen LogP contribution in [0.25, 0.3) is 0 Å². The standard InChI is InChI=1S/C15H14Br3NOS/c1-2-3-4-9-5-6-12(10(16)7-9)19-15(20)13-8-11(17)14(18)21-13/h5-8H,2-4H2,1H3,(H,19,20). The zero-order valence-electron chi connectivity index (χ0n) is 11.4. The number of anilines is 1. The minimum absolute atomic E-state index is 0.103. The van der Waals surface area contributed by atoms with Gasteiger partial charge < -0.3 is 5.32 Å². The first-order valence-corrected chi connectivity index (χ1v) is 9.75. The fourth-order valence-electron chi connectivity index (χ4n) is 1.84. The Labute approximate surface area is 153 Å². The molecule has 1 N–H and O–H groups in total. The molecule has 0 fully saturated rings. The second kappa shape index (κ2) is 7.90. The highest BCUT2D eigenvalue weighted by Gasteiger charge is 2.13. The minimum atomic E-state index is -0.103. The van der Waals surface area contributed by atoms with Gasteiger partial charge in [-0.05, 0) is 84.4 Å². The van der Waals surface area contributed by atoms with Crippen LogP contribution in [0.1, 0.15) is 35.0 Å². The lowest BCUT2D eigenvalue weighted by atomic mass is 10.1. The van der Waals surface area contributed by atoms with E-state index in [0.29, 0.717) is 4.88 Å². The average Bonchev–Trinajstić information content (AvgIpc) is 2.79. The maximum Gasteiger partial charge on any atom is 0.265 e. The number of carbonyl (C=O) groups is 1. The van der Waals surface area contributed by atoms with E-state index in [4.69, 9.17) is 0 Å². The molecule has 0 bridgehead atoms. The molecular weight excluding hydrogens is 482 g/mol. The van der Waals surface area contributed by atoms with Crippen LogP contribution in [0.4, 0.5) is 5.69 Å². The van der Waals surface area contributed by atoms with Gasteiger partial charge in [0, 0.05) is 8.95 Å². The first-order valence-electron chi connectivity index (χ1n) is 6.56. The Kier molecular flexibility index (Phi) is 6.47. The van der Waals surface area contributed by atoms with Crippen molar-refractivity contribution >= 4 is 70.7 Å². The molecule has 0 radical (unpaired) electrons. The Morgan fingerprint density at radius 1 is 1.19 bits per heavy atom. The molecule has 0 spiro atoms. The van der Waals surface area contributed by atoms with Gasteiger partial charge in [-0.25, -0.2) is 0 Å². The predicted molar refractivity (Wildman–Crippen MR) is 100 cm³/mol. The van der Waals surface area contributed by atoms with Crippen molar-refractivity contribution in [2.24, 2.45) is 0 Å². The van der Waals surface area contributed by atoms with Gasteiger partial charge in [0.2, 0.25) is 0 Å². The summed E-state index contributed by atoms with van der Waals surface area (Å²) in [7, 11) is 0. The SMILES string of the molecule is CCCCc1ccc(NC(=O)c2cc(Br)c(Br)s2)c(Br)c1. The first kappa shape index (κ1) is 17.2. The Morgan fingerprint density at radius 3 is 2.52 bits per heavy atom. The molecule has 2 aromatic rings. The molecule has 2 nitrogen and oxygen atoms in total. The van der Waals surface area contributed by atoms with Crippen molar-refractivity contribution in [3.8, 4) is 0 Å². The molecule has 0 saturated heterocycles. The van der Waals surface area contributed by atoms with E-state index in [1.807, 2.05) is 12.1 Å². The zero-order chi connectivity index (χ0) is 15.4.